The highest BCUT2D eigenvalue weighted by Crippen LogP contribution is 2.06. The van der Waals surface area contributed by atoms with Gasteiger partial charge in [0.1, 0.15) is 10.3 Å². The van der Waals surface area contributed by atoms with Crippen LogP contribution in [-0.2, 0) is 9.47 Å². The average molecular weight is 388 g/mol. The van der Waals surface area contributed by atoms with Crippen molar-refractivity contribution in [3.63, 3.8) is 0 Å². The number of hydrogen-bond donors (Lipinski definition) is 2. The van der Waals surface area contributed by atoms with Gasteiger partial charge in [-0.15, -0.1) is 0 Å². The zero-order valence-corrected chi connectivity index (χ0v) is 15.3. The molecule has 2 amide bonds. The SMILES string of the molecule is CC(OCCNC(=O)c1cccc(Br)n1)OC(=O)NC(C)(C)C. The highest BCUT2D eigenvalue weighted by Gasteiger charge is 2.17. The summed E-state index contributed by atoms with van der Waals surface area (Å²) in [7, 11) is 0. The normalized spacial score (nSPS) is 12.4. The van der Waals surface area contributed by atoms with Crippen molar-refractivity contribution >= 4 is 27.9 Å². The number of nitrogens with zero attached hydrogens (tertiary/aromatic N) is 1. The van der Waals surface area contributed by atoms with Gasteiger partial charge in [-0.2, -0.15) is 0 Å². The first kappa shape index (κ1) is 19.4. The van der Waals surface area contributed by atoms with Crippen molar-refractivity contribution in [1.29, 1.82) is 0 Å². The molecule has 1 unspecified atom stereocenters. The van der Waals surface area contributed by atoms with E-state index in [2.05, 4.69) is 31.5 Å². The topological polar surface area (TPSA) is 89.6 Å². The summed E-state index contributed by atoms with van der Waals surface area (Å²) in [4.78, 5) is 27.4. The van der Waals surface area contributed by atoms with Crippen LogP contribution in [0.3, 0.4) is 0 Å². The molecule has 23 heavy (non-hydrogen) atoms. The first-order chi connectivity index (χ1) is 10.7. The van der Waals surface area contributed by atoms with Crippen LogP contribution in [0.4, 0.5) is 4.79 Å². The monoisotopic (exact) mass is 387 g/mol. The van der Waals surface area contributed by atoms with E-state index in [1.54, 1.807) is 25.1 Å². The van der Waals surface area contributed by atoms with E-state index >= 15 is 0 Å². The van der Waals surface area contributed by atoms with Crippen LogP contribution in [0.1, 0.15) is 38.2 Å². The summed E-state index contributed by atoms with van der Waals surface area (Å²) in [5.74, 6) is -0.297. The molecule has 1 heterocycles. The number of hydrogen-bond acceptors (Lipinski definition) is 5. The molecule has 0 fully saturated rings. The molecule has 2 N–H and O–H groups in total. The molecule has 0 aliphatic rings. The molecule has 0 aliphatic heterocycles. The molecule has 0 bridgehead atoms. The van der Waals surface area contributed by atoms with Crippen LogP contribution in [-0.4, -0.2) is 42.0 Å². The van der Waals surface area contributed by atoms with Crippen molar-refractivity contribution in [3.05, 3.63) is 28.5 Å². The molecule has 8 heteroatoms. The van der Waals surface area contributed by atoms with Gasteiger partial charge in [0.2, 0.25) is 6.29 Å². The van der Waals surface area contributed by atoms with E-state index in [-0.39, 0.29) is 24.6 Å². The first-order valence-corrected chi connectivity index (χ1v) is 7.98. The van der Waals surface area contributed by atoms with Crippen LogP contribution in [0.15, 0.2) is 22.8 Å². The Morgan fingerprint density at radius 2 is 2.04 bits per heavy atom. The predicted octanol–water partition coefficient (Wildman–Crippen LogP) is 2.46. The lowest BCUT2D eigenvalue weighted by atomic mass is 10.1. The Labute approximate surface area is 144 Å². The largest absolute Gasteiger partial charge is 0.420 e. The van der Waals surface area contributed by atoms with Crippen LogP contribution in [0, 0.1) is 0 Å². The number of alkyl carbamates (subject to hydrolysis) is 1. The summed E-state index contributed by atoms with van der Waals surface area (Å²) in [5, 5.41) is 5.33. The predicted molar refractivity (Wildman–Crippen MR) is 89.1 cm³/mol. The third-order valence-electron chi connectivity index (χ3n) is 2.44. The minimum absolute atomic E-state index is 0.212. The van der Waals surface area contributed by atoms with Crippen molar-refractivity contribution in [3.8, 4) is 0 Å². The molecule has 128 valence electrons. The lowest BCUT2D eigenvalue weighted by molar-refractivity contribution is -0.0904. The molecule has 1 rings (SSSR count). The molecule has 0 aliphatic carbocycles. The van der Waals surface area contributed by atoms with Crippen LogP contribution in [0.5, 0.6) is 0 Å². The van der Waals surface area contributed by atoms with E-state index in [9.17, 15) is 9.59 Å². The smallest absolute Gasteiger partial charge is 0.409 e. The number of carbonyl (C=O) groups is 2. The lowest BCUT2D eigenvalue weighted by Crippen LogP contribution is -2.42. The molecule has 1 aromatic rings. The second-order valence-corrected chi connectivity index (χ2v) is 6.63. The van der Waals surface area contributed by atoms with Gasteiger partial charge in [-0.05, 0) is 55.8 Å². The summed E-state index contributed by atoms with van der Waals surface area (Å²) in [6.45, 7) is 7.66. The Morgan fingerprint density at radius 3 is 2.65 bits per heavy atom. The van der Waals surface area contributed by atoms with Crippen LogP contribution < -0.4 is 10.6 Å². The first-order valence-electron chi connectivity index (χ1n) is 7.18. The van der Waals surface area contributed by atoms with Crippen molar-refractivity contribution < 1.29 is 19.1 Å². The quantitative estimate of drug-likeness (QED) is 0.444. The third-order valence-corrected chi connectivity index (χ3v) is 2.88. The van der Waals surface area contributed by atoms with Gasteiger partial charge in [0.15, 0.2) is 0 Å². The van der Waals surface area contributed by atoms with Crippen LogP contribution in [0.25, 0.3) is 0 Å². The molecular weight excluding hydrogens is 366 g/mol. The number of halogens is 1. The molecule has 1 aromatic heterocycles. The van der Waals surface area contributed by atoms with E-state index in [0.717, 1.165) is 0 Å². The van der Waals surface area contributed by atoms with Gasteiger partial charge >= 0.3 is 6.09 Å². The van der Waals surface area contributed by atoms with E-state index in [0.29, 0.717) is 10.3 Å². The van der Waals surface area contributed by atoms with Crippen LogP contribution >= 0.6 is 15.9 Å². The standard InChI is InChI=1S/C15H22BrN3O4/c1-10(23-14(21)19-15(2,3)4)22-9-8-17-13(20)11-6-5-7-12(16)18-11/h5-7,10H,8-9H2,1-4H3,(H,17,20)(H,19,21). The minimum Gasteiger partial charge on any atom is -0.420 e. The molecule has 0 radical (unpaired) electrons. The summed E-state index contributed by atoms with van der Waals surface area (Å²) < 4.78 is 10.9. The van der Waals surface area contributed by atoms with E-state index in [1.807, 2.05) is 20.8 Å². The summed E-state index contributed by atoms with van der Waals surface area (Å²) in [6.07, 6.45) is -1.26. The van der Waals surface area contributed by atoms with E-state index in [4.69, 9.17) is 9.47 Å². The second kappa shape index (κ2) is 8.83. The van der Waals surface area contributed by atoms with Crippen molar-refractivity contribution in [2.75, 3.05) is 13.2 Å². The van der Waals surface area contributed by atoms with Crippen molar-refractivity contribution in [2.45, 2.75) is 39.5 Å². The van der Waals surface area contributed by atoms with E-state index in [1.165, 1.54) is 0 Å². The molecule has 0 saturated carbocycles. The maximum absolute atomic E-state index is 11.8. The maximum Gasteiger partial charge on any atom is 0.409 e. The number of aromatic nitrogens is 1. The van der Waals surface area contributed by atoms with Crippen molar-refractivity contribution in [2.24, 2.45) is 0 Å². The number of rotatable bonds is 6. The van der Waals surface area contributed by atoms with Gasteiger partial charge in [-0.3, -0.25) is 4.79 Å². The summed E-state index contributed by atoms with van der Waals surface area (Å²) >= 11 is 3.20. The van der Waals surface area contributed by atoms with Gasteiger partial charge in [0.05, 0.1) is 6.61 Å². The van der Waals surface area contributed by atoms with Crippen molar-refractivity contribution in [1.82, 2.24) is 15.6 Å². The van der Waals surface area contributed by atoms with Gasteiger partial charge in [-0.1, -0.05) is 6.07 Å². The number of nitrogens with one attached hydrogen (secondary N) is 2. The van der Waals surface area contributed by atoms with Crippen LogP contribution in [0.2, 0.25) is 0 Å². The molecule has 0 spiro atoms. The number of ether oxygens (including phenoxy) is 2. The Hall–Kier alpha value is -1.67. The number of carbonyl (C=O) groups excluding carboxylic acids is 2. The highest BCUT2D eigenvalue weighted by atomic mass is 79.9. The molecule has 1 atom stereocenters. The minimum atomic E-state index is -0.710. The molecule has 0 saturated heterocycles. The third kappa shape index (κ3) is 8.51. The maximum atomic E-state index is 11.8. The average Bonchev–Trinajstić information content (AvgIpc) is 2.41. The Morgan fingerprint density at radius 1 is 1.35 bits per heavy atom. The molecule has 0 aromatic carbocycles. The number of amides is 2. The number of pyridine rings is 1. The fourth-order valence-corrected chi connectivity index (χ4v) is 1.88. The Kier molecular flexibility index (Phi) is 7.44. The fourth-order valence-electron chi connectivity index (χ4n) is 1.54. The lowest BCUT2D eigenvalue weighted by Gasteiger charge is -2.22. The summed E-state index contributed by atoms with van der Waals surface area (Å²) in [5.41, 5.74) is -0.0601. The Bertz CT molecular complexity index is 546. The summed E-state index contributed by atoms with van der Waals surface area (Å²) in [6, 6.07) is 5.08. The van der Waals surface area contributed by atoms with Gasteiger partial charge < -0.3 is 20.1 Å². The Balaban J connectivity index is 2.24. The fraction of sp³-hybridized carbons (Fsp3) is 0.533. The zero-order valence-electron chi connectivity index (χ0n) is 13.7. The van der Waals surface area contributed by atoms with Gasteiger partial charge in [0, 0.05) is 12.1 Å². The second-order valence-electron chi connectivity index (χ2n) is 5.82. The molecular formula is C15H22BrN3O4. The molecule has 7 nitrogen and oxygen atoms in total. The van der Waals surface area contributed by atoms with E-state index < -0.39 is 12.4 Å². The highest BCUT2D eigenvalue weighted by molar-refractivity contribution is 9.10. The van der Waals surface area contributed by atoms with Gasteiger partial charge in [0.25, 0.3) is 5.91 Å². The van der Waals surface area contributed by atoms with Gasteiger partial charge in [-0.25, -0.2) is 9.78 Å². The zero-order chi connectivity index (χ0) is 17.5.